The molecule has 7 atom stereocenters. The second kappa shape index (κ2) is 12.3. The zero-order chi connectivity index (χ0) is 30.2. The number of nitrogens with one attached hydrogen (secondary N) is 1. The zero-order valence-corrected chi connectivity index (χ0v) is 24.9. The number of aliphatic hydroxyl groups is 3. The van der Waals surface area contributed by atoms with E-state index in [9.17, 15) is 24.9 Å². The highest BCUT2D eigenvalue weighted by molar-refractivity contribution is 5.96. The van der Waals surface area contributed by atoms with E-state index < -0.39 is 30.1 Å². The quantitative estimate of drug-likeness (QED) is 0.335. The van der Waals surface area contributed by atoms with Gasteiger partial charge in [0.25, 0.3) is 0 Å². The van der Waals surface area contributed by atoms with Gasteiger partial charge >= 0.3 is 0 Å². The van der Waals surface area contributed by atoms with Crippen LogP contribution < -0.4 is 14.8 Å². The summed E-state index contributed by atoms with van der Waals surface area (Å²) >= 11 is 0. The lowest BCUT2D eigenvalue weighted by molar-refractivity contribution is -0.139. The number of methoxy groups -OCH3 is 1. The number of rotatable bonds is 10. The third kappa shape index (κ3) is 5.66. The molecule has 0 saturated heterocycles. The summed E-state index contributed by atoms with van der Waals surface area (Å²) in [6.07, 6.45) is 4.83. The van der Waals surface area contributed by atoms with Crippen LogP contribution in [0.15, 0.2) is 48.0 Å². The number of ether oxygens (including phenoxy) is 2. The van der Waals surface area contributed by atoms with Gasteiger partial charge in [-0.05, 0) is 73.3 Å². The fraction of sp³-hybridized carbons (Fsp3) is 0.529. The van der Waals surface area contributed by atoms with Crippen LogP contribution in [0.4, 0.5) is 0 Å². The molecule has 43 heavy (non-hydrogen) atoms. The lowest BCUT2D eigenvalue weighted by Gasteiger charge is -2.41. The van der Waals surface area contributed by atoms with Gasteiger partial charge in [0.2, 0.25) is 11.8 Å². The van der Waals surface area contributed by atoms with Crippen molar-refractivity contribution in [1.29, 1.82) is 0 Å². The van der Waals surface area contributed by atoms with Crippen molar-refractivity contribution in [1.82, 2.24) is 10.2 Å². The van der Waals surface area contributed by atoms with Crippen LogP contribution >= 0.6 is 0 Å². The summed E-state index contributed by atoms with van der Waals surface area (Å²) in [6.45, 7) is 1.90. The van der Waals surface area contributed by atoms with Crippen molar-refractivity contribution < 1.29 is 34.4 Å². The molecule has 0 aromatic heterocycles. The number of nitrogens with zero attached hydrogens (tertiary/aromatic N) is 1. The maximum atomic E-state index is 14.2. The Balaban J connectivity index is 1.39. The van der Waals surface area contributed by atoms with E-state index in [4.69, 9.17) is 9.47 Å². The average molecular weight is 591 g/mol. The first-order valence-corrected chi connectivity index (χ1v) is 15.4. The van der Waals surface area contributed by atoms with Gasteiger partial charge in [0.1, 0.15) is 12.2 Å². The summed E-state index contributed by atoms with van der Waals surface area (Å²) in [6, 6.07) is 10.6. The van der Waals surface area contributed by atoms with Crippen molar-refractivity contribution in [2.24, 2.45) is 17.8 Å². The van der Waals surface area contributed by atoms with Crippen molar-refractivity contribution in [2.45, 2.75) is 76.3 Å². The minimum absolute atomic E-state index is 0.0392. The van der Waals surface area contributed by atoms with Crippen molar-refractivity contribution in [2.75, 3.05) is 20.3 Å². The lowest BCUT2D eigenvalue weighted by Crippen LogP contribution is -2.55. The number of carbonyl (C=O) groups excluding carboxylic acids is 2. The highest BCUT2D eigenvalue weighted by Gasteiger charge is 2.52. The van der Waals surface area contributed by atoms with Gasteiger partial charge in [-0.15, -0.1) is 0 Å². The molecule has 9 heteroatoms. The molecule has 3 unspecified atom stereocenters. The average Bonchev–Trinajstić information content (AvgIpc) is 3.74. The van der Waals surface area contributed by atoms with Crippen LogP contribution in [-0.2, 0) is 22.7 Å². The molecule has 2 bridgehead atoms. The molecule has 230 valence electrons. The Hall–Kier alpha value is -3.40. The fourth-order valence-electron chi connectivity index (χ4n) is 7.84. The minimum Gasteiger partial charge on any atom is -0.493 e. The summed E-state index contributed by atoms with van der Waals surface area (Å²) in [5, 5.41) is 34.0. The van der Waals surface area contributed by atoms with Gasteiger partial charge in [0.15, 0.2) is 11.5 Å². The summed E-state index contributed by atoms with van der Waals surface area (Å²) in [5.74, 6) is 1.34. The highest BCUT2D eigenvalue weighted by atomic mass is 16.5. The van der Waals surface area contributed by atoms with Gasteiger partial charge in [-0.25, -0.2) is 0 Å². The number of amides is 2. The fourth-order valence-corrected chi connectivity index (χ4v) is 7.84. The van der Waals surface area contributed by atoms with E-state index in [2.05, 4.69) is 5.32 Å². The summed E-state index contributed by atoms with van der Waals surface area (Å²) in [5.41, 5.74) is 3.63. The van der Waals surface area contributed by atoms with Crippen molar-refractivity contribution in [3.63, 3.8) is 0 Å². The van der Waals surface area contributed by atoms with Crippen molar-refractivity contribution in [3.05, 3.63) is 70.3 Å². The molecule has 4 N–H and O–H groups in total. The van der Waals surface area contributed by atoms with Gasteiger partial charge in [-0.2, -0.15) is 0 Å². The molecule has 2 fully saturated rings. The molecular formula is C34H42N2O7. The molecule has 9 nitrogen and oxygen atoms in total. The molecule has 1 heterocycles. The molecule has 2 aromatic carbocycles. The normalized spacial score (nSPS) is 28.5. The Morgan fingerprint density at radius 3 is 2.53 bits per heavy atom. The van der Waals surface area contributed by atoms with E-state index in [-0.39, 0.29) is 32.2 Å². The van der Waals surface area contributed by atoms with Crippen LogP contribution in [0.5, 0.6) is 11.5 Å². The van der Waals surface area contributed by atoms with E-state index in [1.165, 1.54) is 26.4 Å². The molecule has 2 saturated carbocycles. The largest absolute Gasteiger partial charge is 0.493 e. The molecule has 2 amide bonds. The maximum absolute atomic E-state index is 14.2. The standard InChI is InChI=1S/C34H42N2O7/c1-19-3-5-20(6-4-19)17-36(29(39)15-24-12-21-7-8-23(24)11-21)27-16-26(34(41)35-9-10-37)30-25-13-22(18-38)14-28(42-2)32(25)43-33(30)31(27)40/h3-6,13-14,16,21,23-24,27,30-31,33,37-38,40H,7-12,15,17-18H2,1-2H3,(H,35,41)/t21?,23?,24?,27-,30+,31+,33+/m1/s1. The summed E-state index contributed by atoms with van der Waals surface area (Å²) in [4.78, 5) is 29.5. The van der Waals surface area contributed by atoms with Crippen LogP contribution in [0.25, 0.3) is 0 Å². The molecular weight excluding hydrogens is 548 g/mol. The Labute approximate surface area is 252 Å². The van der Waals surface area contributed by atoms with Crippen LogP contribution in [0.2, 0.25) is 0 Å². The van der Waals surface area contributed by atoms with E-state index in [0.29, 0.717) is 52.4 Å². The number of aryl methyl sites for hydroxylation is 1. The van der Waals surface area contributed by atoms with E-state index in [1.54, 1.807) is 23.1 Å². The van der Waals surface area contributed by atoms with Crippen LogP contribution in [0, 0.1) is 24.7 Å². The molecule has 3 aliphatic carbocycles. The molecule has 2 aromatic rings. The number of hydrogen-bond acceptors (Lipinski definition) is 7. The Bertz CT molecular complexity index is 1390. The number of aliphatic hydroxyl groups excluding tert-OH is 3. The Morgan fingerprint density at radius 2 is 1.88 bits per heavy atom. The van der Waals surface area contributed by atoms with E-state index >= 15 is 0 Å². The van der Waals surface area contributed by atoms with Crippen LogP contribution in [-0.4, -0.2) is 70.5 Å². The SMILES string of the molecule is COc1cc(CO)cc2c1O[C@@H]1[C@@H](O)[C@H](N(Cc3ccc(C)cc3)C(=O)CC3CC4CCC3C4)C=C(C(=O)NCCO)[C@H]21. The van der Waals surface area contributed by atoms with E-state index in [1.807, 2.05) is 31.2 Å². The number of benzene rings is 2. The molecule has 4 aliphatic rings. The molecule has 1 aliphatic heterocycles. The van der Waals surface area contributed by atoms with Crippen LogP contribution in [0.3, 0.4) is 0 Å². The van der Waals surface area contributed by atoms with Gasteiger partial charge in [0, 0.05) is 30.6 Å². The molecule has 0 radical (unpaired) electrons. The third-order valence-corrected chi connectivity index (χ3v) is 9.97. The zero-order valence-electron chi connectivity index (χ0n) is 24.9. The minimum atomic E-state index is -1.14. The second-order valence-corrected chi connectivity index (χ2v) is 12.7. The predicted molar refractivity (Wildman–Crippen MR) is 159 cm³/mol. The number of hydrogen-bond donors (Lipinski definition) is 4. The molecule has 0 spiro atoms. The van der Waals surface area contributed by atoms with Gasteiger partial charge in [-0.1, -0.05) is 36.2 Å². The first-order chi connectivity index (χ1) is 20.8. The Kier molecular flexibility index (Phi) is 8.49. The number of fused-ring (bicyclic) bond motifs is 5. The topological polar surface area (TPSA) is 129 Å². The highest BCUT2D eigenvalue weighted by Crippen LogP contribution is 2.52. The lowest BCUT2D eigenvalue weighted by atomic mass is 9.77. The second-order valence-electron chi connectivity index (χ2n) is 12.7. The van der Waals surface area contributed by atoms with Crippen LogP contribution in [0.1, 0.15) is 60.3 Å². The van der Waals surface area contributed by atoms with Gasteiger partial charge in [0.05, 0.1) is 32.3 Å². The van der Waals surface area contributed by atoms with Gasteiger partial charge in [-0.3, -0.25) is 9.59 Å². The predicted octanol–water partition coefficient (Wildman–Crippen LogP) is 2.97. The van der Waals surface area contributed by atoms with Crippen molar-refractivity contribution >= 4 is 11.8 Å². The molecule has 6 rings (SSSR count). The smallest absolute Gasteiger partial charge is 0.247 e. The Morgan fingerprint density at radius 1 is 1.09 bits per heavy atom. The first kappa shape index (κ1) is 29.7. The number of carbonyl (C=O) groups is 2. The van der Waals surface area contributed by atoms with Gasteiger partial charge < -0.3 is 35.0 Å². The third-order valence-electron chi connectivity index (χ3n) is 9.97. The first-order valence-electron chi connectivity index (χ1n) is 15.4. The summed E-state index contributed by atoms with van der Waals surface area (Å²) in [7, 11) is 1.50. The maximum Gasteiger partial charge on any atom is 0.247 e. The monoisotopic (exact) mass is 590 g/mol. The van der Waals surface area contributed by atoms with Crippen molar-refractivity contribution in [3.8, 4) is 11.5 Å². The summed E-state index contributed by atoms with van der Waals surface area (Å²) < 4.78 is 11.9. The van der Waals surface area contributed by atoms with E-state index in [0.717, 1.165) is 17.5 Å².